The first kappa shape index (κ1) is 23.1. The minimum absolute atomic E-state index is 0.0518. The van der Waals surface area contributed by atoms with Gasteiger partial charge in [0.15, 0.2) is 0 Å². The van der Waals surface area contributed by atoms with Crippen molar-refractivity contribution >= 4 is 17.5 Å². The molecular formula is C25H28N10O2. The molecule has 190 valence electrons. The van der Waals surface area contributed by atoms with Gasteiger partial charge < -0.3 is 20.0 Å². The lowest BCUT2D eigenvalue weighted by Gasteiger charge is -2.25. The quantitative estimate of drug-likeness (QED) is 0.344. The van der Waals surface area contributed by atoms with Gasteiger partial charge >= 0.3 is 0 Å². The van der Waals surface area contributed by atoms with Gasteiger partial charge in [-0.05, 0) is 31.4 Å². The molecule has 3 N–H and O–H groups in total. The van der Waals surface area contributed by atoms with E-state index in [1.807, 2.05) is 0 Å². The zero-order valence-electron chi connectivity index (χ0n) is 20.7. The Kier molecular flexibility index (Phi) is 5.99. The van der Waals surface area contributed by atoms with E-state index in [-0.39, 0.29) is 24.4 Å². The van der Waals surface area contributed by atoms with Gasteiger partial charge in [0, 0.05) is 25.4 Å². The second-order valence-corrected chi connectivity index (χ2v) is 9.64. The van der Waals surface area contributed by atoms with E-state index in [0.29, 0.717) is 43.7 Å². The van der Waals surface area contributed by atoms with Gasteiger partial charge in [-0.1, -0.05) is 29.5 Å². The third kappa shape index (κ3) is 4.86. The van der Waals surface area contributed by atoms with Gasteiger partial charge in [0.1, 0.15) is 12.5 Å². The SMILES string of the molecule is Cc1ccccc1CC(C)Nc1ncc2c(n1)CC(c1nnc(CC(=O)N3CCc4nn[nH]c4C3)o1)N2. The van der Waals surface area contributed by atoms with Crippen LogP contribution in [0.5, 0.6) is 0 Å². The van der Waals surface area contributed by atoms with Gasteiger partial charge in [-0.25, -0.2) is 9.97 Å². The fourth-order valence-electron chi connectivity index (χ4n) is 4.83. The molecule has 0 radical (unpaired) electrons. The van der Waals surface area contributed by atoms with Crippen LogP contribution in [0.15, 0.2) is 34.9 Å². The number of aromatic nitrogens is 7. The summed E-state index contributed by atoms with van der Waals surface area (Å²) >= 11 is 0. The molecule has 1 amide bonds. The molecule has 0 fully saturated rings. The summed E-state index contributed by atoms with van der Waals surface area (Å²) < 4.78 is 5.86. The van der Waals surface area contributed by atoms with Crippen LogP contribution in [-0.4, -0.2) is 59.0 Å². The predicted molar refractivity (Wildman–Crippen MR) is 134 cm³/mol. The lowest BCUT2D eigenvalue weighted by atomic mass is 10.0. The monoisotopic (exact) mass is 500 g/mol. The summed E-state index contributed by atoms with van der Waals surface area (Å²) in [6.07, 6.45) is 3.99. The van der Waals surface area contributed by atoms with Gasteiger partial charge in [-0.3, -0.25) is 9.89 Å². The number of nitrogens with one attached hydrogen (secondary N) is 3. The van der Waals surface area contributed by atoms with E-state index < -0.39 is 0 Å². The van der Waals surface area contributed by atoms with E-state index in [0.717, 1.165) is 29.2 Å². The molecule has 4 aromatic rings. The highest BCUT2D eigenvalue weighted by atomic mass is 16.4. The minimum atomic E-state index is -0.214. The molecule has 0 aliphatic carbocycles. The maximum absolute atomic E-state index is 12.8. The topological polar surface area (TPSA) is 151 Å². The van der Waals surface area contributed by atoms with Crippen molar-refractivity contribution in [3.05, 3.63) is 70.5 Å². The lowest BCUT2D eigenvalue weighted by molar-refractivity contribution is -0.131. The van der Waals surface area contributed by atoms with Crippen LogP contribution in [0.1, 0.15) is 53.0 Å². The van der Waals surface area contributed by atoms with Crippen molar-refractivity contribution in [1.29, 1.82) is 0 Å². The van der Waals surface area contributed by atoms with Gasteiger partial charge in [-0.15, -0.1) is 15.3 Å². The summed E-state index contributed by atoms with van der Waals surface area (Å²) in [5, 5.41) is 25.8. The Morgan fingerprint density at radius 2 is 2.14 bits per heavy atom. The molecular weight excluding hydrogens is 472 g/mol. The number of hydrogen-bond donors (Lipinski definition) is 3. The second-order valence-electron chi connectivity index (χ2n) is 9.64. The Bertz CT molecular complexity index is 1430. The average Bonchev–Trinajstić information content (AvgIpc) is 3.64. The smallest absolute Gasteiger partial charge is 0.239 e. The number of hydrogen-bond acceptors (Lipinski definition) is 10. The van der Waals surface area contributed by atoms with Crippen molar-refractivity contribution in [3.63, 3.8) is 0 Å². The van der Waals surface area contributed by atoms with Gasteiger partial charge in [0.2, 0.25) is 23.6 Å². The minimum Gasteiger partial charge on any atom is -0.422 e. The molecule has 0 spiro atoms. The molecule has 2 atom stereocenters. The predicted octanol–water partition coefficient (Wildman–Crippen LogP) is 2.17. The van der Waals surface area contributed by atoms with Gasteiger partial charge in [0.25, 0.3) is 0 Å². The molecule has 6 rings (SSSR count). The number of anilines is 2. The summed E-state index contributed by atoms with van der Waals surface area (Å²) in [4.78, 5) is 23.7. The number of carbonyl (C=O) groups is 1. The van der Waals surface area contributed by atoms with Crippen LogP contribution in [0.2, 0.25) is 0 Å². The van der Waals surface area contributed by atoms with Crippen LogP contribution in [0.25, 0.3) is 0 Å². The maximum Gasteiger partial charge on any atom is 0.239 e. The van der Waals surface area contributed by atoms with Crippen molar-refractivity contribution in [3.8, 4) is 0 Å². The number of nitrogens with zero attached hydrogens (tertiary/aromatic N) is 7. The summed E-state index contributed by atoms with van der Waals surface area (Å²) in [6, 6.07) is 8.35. The molecule has 0 saturated heterocycles. The van der Waals surface area contributed by atoms with Crippen LogP contribution >= 0.6 is 0 Å². The third-order valence-corrected chi connectivity index (χ3v) is 6.87. The van der Waals surface area contributed by atoms with Crippen LogP contribution in [-0.2, 0) is 37.0 Å². The number of rotatable bonds is 7. The van der Waals surface area contributed by atoms with Gasteiger partial charge in [-0.2, -0.15) is 0 Å². The number of H-pyrrole nitrogens is 1. The van der Waals surface area contributed by atoms with Crippen LogP contribution < -0.4 is 10.6 Å². The highest BCUT2D eigenvalue weighted by Gasteiger charge is 2.30. The molecule has 12 heteroatoms. The molecule has 5 heterocycles. The van der Waals surface area contributed by atoms with E-state index in [1.54, 1.807) is 11.1 Å². The van der Waals surface area contributed by atoms with Crippen molar-refractivity contribution < 1.29 is 9.21 Å². The molecule has 2 unspecified atom stereocenters. The highest BCUT2D eigenvalue weighted by molar-refractivity contribution is 5.78. The number of carbonyl (C=O) groups excluding carboxylic acids is 1. The molecule has 0 bridgehead atoms. The largest absolute Gasteiger partial charge is 0.422 e. The molecule has 1 aromatic carbocycles. The number of benzene rings is 1. The van der Waals surface area contributed by atoms with Crippen LogP contribution in [0.4, 0.5) is 11.6 Å². The van der Waals surface area contributed by atoms with Gasteiger partial charge in [0.05, 0.1) is 35.5 Å². The highest BCUT2D eigenvalue weighted by Crippen LogP contribution is 2.32. The van der Waals surface area contributed by atoms with Crippen molar-refractivity contribution in [1.82, 2.24) is 40.5 Å². The first-order valence-electron chi connectivity index (χ1n) is 12.4. The lowest BCUT2D eigenvalue weighted by Crippen LogP contribution is -2.37. The second kappa shape index (κ2) is 9.60. The average molecular weight is 501 g/mol. The Morgan fingerprint density at radius 3 is 3.03 bits per heavy atom. The molecule has 2 aliphatic heterocycles. The molecule has 3 aromatic heterocycles. The van der Waals surface area contributed by atoms with Crippen molar-refractivity contribution in [2.24, 2.45) is 0 Å². The Balaban J connectivity index is 1.06. The van der Waals surface area contributed by atoms with Crippen molar-refractivity contribution in [2.45, 2.75) is 58.2 Å². The fraction of sp³-hybridized carbons (Fsp3) is 0.400. The number of aromatic amines is 1. The molecule has 2 aliphatic rings. The maximum atomic E-state index is 12.8. The third-order valence-electron chi connectivity index (χ3n) is 6.87. The molecule has 0 saturated carbocycles. The zero-order valence-corrected chi connectivity index (χ0v) is 20.7. The van der Waals surface area contributed by atoms with E-state index in [9.17, 15) is 4.79 Å². The van der Waals surface area contributed by atoms with Crippen LogP contribution in [0.3, 0.4) is 0 Å². The van der Waals surface area contributed by atoms with E-state index in [4.69, 9.17) is 9.40 Å². The van der Waals surface area contributed by atoms with Crippen LogP contribution in [0, 0.1) is 6.92 Å². The number of aryl methyl sites for hydroxylation is 1. The Morgan fingerprint density at radius 1 is 1.24 bits per heavy atom. The standard InChI is InChI=1S/C25H28N10O2/c1-14-5-3-4-6-16(14)9-15(2)27-25-26-12-20-18(29-25)10-19(28-20)24-33-32-22(37-24)11-23(36)35-8-7-17-21(13-35)31-34-30-17/h3-6,12,15,19,28H,7-11,13H2,1-2H3,(H,26,27,29)(H,30,31,34). The summed E-state index contributed by atoms with van der Waals surface area (Å²) in [5.74, 6) is 1.25. The van der Waals surface area contributed by atoms with E-state index >= 15 is 0 Å². The zero-order chi connectivity index (χ0) is 25.4. The summed E-state index contributed by atoms with van der Waals surface area (Å²) in [5.41, 5.74) is 6.10. The van der Waals surface area contributed by atoms with Crippen molar-refractivity contribution in [2.75, 3.05) is 17.2 Å². The number of amides is 1. The normalized spacial score (nSPS) is 17.1. The summed E-state index contributed by atoms with van der Waals surface area (Å²) in [7, 11) is 0. The van der Waals surface area contributed by atoms with E-state index in [1.165, 1.54) is 11.1 Å². The Labute approximate surface area is 213 Å². The summed E-state index contributed by atoms with van der Waals surface area (Å²) in [6.45, 7) is 5.30. The van der Waals surface area contributed by atoms with E-state index in [2.05, 4.69) is 79.3 Å². The first-order chi connectivity index (χ1) is 18.0. The molecule has 37 heavy (non-hydrogen) atoms. The Hall–Kier alpha value is -4.35. The first-order valence-corrected chi connectivity index (χ1v) is 12.4. The molecule has 12 nitrogen and oxygen atoms in total. The number of fused-ring (bicyclic) bond motifs is 2. The fourth-order valence-corrected chi connectivity index (χ4v) is 4.83.